The Hall–Kier alpha value is -2.34. The summed E-state index contributed by atoms with van der Waals surface area (Å²) >= 11 is 0. The first-order valence-electron chi connectivity index (χ1n) is 11.4. The Kier molecular flexibility index (Phi) is 8.43. The van der Waals surface area contributed by atoms with Gasteiger partial charge in [0.1, 0.15) is 18.0 Å². The lowest BCUT2D eigenvalue weighted by Crippen LogP contribution is -2.38. The molecule has 4 aromatic rings. The molecule has 4 aromatic carbocycles. The molecule has 0 aliphatic carbocycles. The molecule has 0 fully saturated rings. The summed E-state index contributed by atoms with van der Waals surface area (Å²) in [6.07, 6.45) is 0.990. The lowest BCUT2D eigenvalue weighted by atomic mass is 10.4. The van der Waals surface area contributed by atoms with E-state index in [4.69, 9.17) is 4.74 Å². The first-order chi connectivity index (χ1) is 16.2. The van der Waals surface area contributed by atoms with E-state index in [2.05, 4.69) is 132 Å². The minimum Gasteiger partial charge on any atom is -0.385 e. The van der Waals surface area contributed by atoms with Crippen LogP contribution in [0.15, 0.2) is 121 Å². The predicted octanol–water partition coefficient (Wildman–Crippen LogP) is 5.59. The highest BCUT2D eigenvalue weighted by Crippen LogP contribution is 2.65. The van der Waals surface area contributed by atoms with Crippen LogP contribution in [0, 0.1) is 0 Å². The first kappa shape index (κ1) is 23.8. The van der Waals surface area contributed by atoms with E-state index in [9.17, 15) is 0 Å². The fourth-order valence-electron chi connectivity index (χ4n) is 4.24. The number of rotatable bonds is 10. The van der Waals surface area contributed by atoms with Crippen molar-refractivity contribution in [2.45, 2.75) is 6.42 Å². The zero-order chi connectivity index (χ0) is 22.9. The van der Waals surface area contributed by atoms with Crippen LogP contribution in [-0.4, -0.2) is 31.4 Å². The van der Waals surface area contributed by atoms with Gasteiger partial charge in [0.15, 0.2) is 0 Å². The highest BCUT2D eigenvalue weighted by molar-refractivity contribution is 7.94. The molecule has 0 aliphatic heterocycles. The third kappa shape index (κ3) is 5.43. The number of hydrogen-bond acceptors (Lipinski definition) is 2. The summed E-state index contributed by atoms with van der Waals surface area (Å²) in [5.41, 5.74) is 0. The molecule has 0 saturated heterocycles. The predicted molar refractivity (Wildman–Crippen MR) is 147 cm³/mol. The van der Waals surface area contributed by atoms with Gasteiger partial charge in [-0.15, -0.1) is 4.44 Å². The molecule has 0 unspecified atom stereocenters. The molecule has 0 aromatic heterocycles. The van der Waals surface area contributed by atoms with Crippen molar-refractivity contribution in [3.8, 4) is 0 Å². The largest absolute Gasteiger partial charge is 0.385 e. The summed E-state index contributed by atoms with van der Waals surface area (Å²) in [5, 5.41) is 5.59. The molecular formula is C29H32NOP2+. The van der Waals surface area contributed by atoms with Crippen LogP contribution in [0.4, 0.5) is 0 Å². The standard InChI is InChI=1S/C29H32NOP2/c1-31-25-15-24-30(32(26-16-7-3-8-17-26)27-18-9-4-10-19-27)33(2,28-20-11-5-12-21-28)29-22-13-6-14-23-29/h3-14,16-23H,15,24-25H2,1-2H3/q+1. The van der Waals surface area contributed by atoms with Crippen molar-refractivity contribution >= 4 is 36.7 Å². The summed E-state index contributed by atoms with van der Waals surface area (Å²) in [7, 11) is -0.848. The lowest BCUT2D eigenvalue weighted by molar-refractivity contribution is 0.193. The smallest absolute Gasteiger partial charge is 0.149 e. The van der Waals surface area contributed by atoms with Crippen LogP contribution in [-0.2, 0) is 4.74 Å². The van der Waals surface area contributed by atoms with E-state index in [1.54, 1.807) is 7.11 Å². The molecule has 0 heterocycles. The molecule has 4 heteroatoms. The molecule has 4 rings (SSSR count). The van der Waals surface area contributed by atoms with E-state index in [0.717, 1.165) is 19.6 Å². The fraction of sp³-hybridized carbons (Fsp3) is 0.172. The normalized spacial score (nSPS) is 11.8. The van der Waals surface area contributed by atoms with E-state index in [-0.39, 0.29) is 0 Å². The first-order valence-corrected chi connectivity index (χ1v) is 14.9. The molecule has 168 valence electrons. The zero-order valence-electron chi connectivity index (χ0n) is 19.4. The minimum absolute atomic E-state index is 0.739. The molecule has 2 nitrogen and oxygen atoms in total. The van der Waals surface area contributed by atoms with Crippen molar-refractivity contribution in [3.63, 3.8) is 0 Å². The Morgan fingerprint density at radius 3 is 1.42 bits per heavy atom. The molecule has 0 N–H and O–H groups in total. The van der Waals surface area contributed by atoms with Gasteiger partial charge in [0.25, 0.3) is 0 Å². The van der Waals surface area contributed by atoms with Gasteiger partial charge in [0, 0.05) is 20.3 Å². The van der Waals surface area contributed by atoms with Crippen LogP contribution in [0.3, 0.4) is 0 Å². The number of nitrogens with zero attached hydrogens (tertiary/aromatic N) is 1. The van der Waals surface area contributed by atoms with Gasteiger partial charge in [-0.3, -0.25) is 0 Å². The molecule has 0 saturated carbocycles. The topological polar surface area (TPSA) is 12.5 Å². The second-order valence-electron chi connectivity index (χ2n) is 8.06. The van der Waals surface area contributed by atoms with Crippen molar-refractivity contribution in [1.82, 2.24) is 4.44 Å². The highest BCUT2D eigenvalue weighted by Gasteiger charge is 2.48. The number of methoxy groups -OCH3 is 1. The highest BCUT2D eigenvalue weighted by atomic mass is 31.2. The van der Waals surface area contributed by atoms with Gasteiger partial charge in [0.2, 0.25) is 0 Å². The van der Waals surface area contributed by atoms with Gasteiger partial charge in [-0.1, -0.05) is 97.1 Å². The summed E-state index contributed by atoms with van der Waals surface area (Å²) in [4.78, 5) is 0. The van der Waals surface area contributed by atoms with Crippen molar-refractivity contribution in [3.05, 3.63) is 121 Å². The van der Waals surface area contributed by atoms with E-state index in [1.807, 2.05) is 0 Å². The van der Waals surface area contributed by atoms with Gasteiger partial charge in [-0.25, -0.2) is 0 Å². The average molecular weight is 473 g/mol. The molecule has 0 bridgehead atoms. The fourth-order valence-corrected chi connectivity index (χ4v) is 11.9. The quantitative estimate of drug-likeness (QED) is 0.221. The van der Waals surface area contributed by atoms with Gasteiger partial charge < -0.3 is 4.74 Å². The van der Waals surface area contributed by atoms with Gasteiger partial charge in [-0.05, 0) is 41.3 Å². The van der Waals surface area contributed by atoms with Crippen molar-refractivity contribution in [2.24, 2.45) is 0 Å². The van der Waals surface area contributed by atoms with Crippen LogP contribution < -0.4 is 21.2 Å². The van der Waals surface area contributed by atoms with Gasteiger partial charge in [0.05, 0.1) is 14.7 Å². The van der Waals surface area contributed by atoms with Crippen LogP contribution in [0.1, 0.15) is 6.42 Å². The van der Waals surface area contributed by atoms with Crippen LogP contribution in [0.25, 0.3) is 0 Å². The van der Waals surface area contributed by atoms with Crippen LogP contribution in [0.5, 0.6) is 0 Å². The number of benzene rings is 4. The van der Waals surface area contributed by atoms with Crippen molar-refractivity contribution in [2.75, 3.05) is 26.9 Å². The average Bonchev–Trinajstić information content (AvgIpc) is 2.90. The lowest BCUT2D eigenvalue weighted by Gasteiger charge is -2.39. The maximum absolute atomic E-state index is 5.50. The number of hydrogen-bond donors (Lipinski definition) is 0. The third-order valence-corrected chi connectivity index (χ3v) is 13.5. The van der Waals surface area contributed by atoms with E-state index >= 15 is 0 Å². The Morgan fingerprint density at radius 2 is 1.03 bits per heavy atom. The maximum atomic E-state index is 5.50. The SMILES string of the molecule is COCCCN(P(c1ccccc1)c1ccccc1)[P+](C)(c1ccccc1)c1ccccc1. The Morgan fingerprint density at radius 1 is 0.636 bits per heavy atom. The monoisotopic (exact) mass is 472 g/mol. The summed E-state index contributed by atoms with van der Waals surface area (Å²) in [5.74, 6) is 0. The van der Waals surface area contributed by atoms with Gasteiger partial charge in [-0.2, -0.15) is 0 Å². The molecular weight excluding hydrogens is 440 g/mol. The molecule has 0 spiro atoms. The Balaban J connectivity index is 1.94. The minimum atomic E-state index is -1.90. The third-order valence-electron chi connectivity index (χ3n) is 5.92. The van der Waals surface area contributed by atoms with E-state index in [1.165, 1.54) is 21.2 Å². The van der Waals surface area contributed by atoms with Crippen molar-refractivity contribution in [1.29, 1.82) is 0 Å². The molecule has 0 aliphatic rings. The maximum Gasteiger partial charge on any atom is 0.149 e. The Bertz CT molecular complexity index is 1010. The number of ether oxygens (including phenoxy) is 1. The second-order valence-corrected chi connectivity index (χ2v) is 13.9. The van der Waals surface area contributed by atoms with E-state index in [0.29, 0.717) is 0 Å². The summed E-state index contributed by atoms with van der Waals surface area (Å²) in [6, 6.07) is 44.3. The van der Waals surface area contributed by atoms with Crippen LogP contribution >= 0.6 is 15.5 Å². The molecule has 0 amide bonds. The summed E-state index contributed by atoms with van der Waals surface area (Å²) < 4.78 is 8.33. The Labute approximate surface area is 200 Å². The summed E-state index contributed by atoms with van der Waals surface area (Å²) in [6.45, 7) is 4.22. The van der Waals surface area contributed by atoms with Gasteiger partial charge >= 0.3 is 0 Å². The zero-order valence-corrected chi connectivity index (χ0v) is 21.2. The molecule has 0 atom stereocenters. The van der Waals surface area contributed by atoms with Crippen LogP contribution in [0.2, 0.25) is 0 Å². The van der Waals surface area contributed by atoms with E-state index < -0.39 is 15.5 Å². The second kappa shape index (κ2) is 11.7. The molecule has 0 radical (unpaired) electrons. The molecule has 33 heavy (non-hydrogen) atoms. The van der Waals surface area contributed by atoms with Crippen molar-refractivity contribution < 1.29 is 4.74 Å².